The summed E-state index contributed by atoms with van der Waals surface area (Å²) in [6, 6.07) is 0. The van der Waals surface area contributed by atoms with Gasteiger partial charge in [0.2, 0.25) is 0 Å². The Labute approximate surface area is 154 Å². The van der Waals surface area contributed by atoms with E-state index in [0.29, 0.717) is 22.2 Å². The first kappa shape index (κ1) is 23.7. The first-order valence-electron chi connectivity index (χ1n) is 10.5. The molecule has 0 aromatic rings. The van der Waals surface area contributed by atoms with Gasteiger partial charge >= 0.3 is 0 Å². The molecule has 2 atom stereocenters. The first-order valence-corrected chi connectivity index (χ1v) is 10.5. The van der Waals surface area contributed by atoms with Crippen LogP contribution in [0.2, 0.25) is 0 Å². The molecule has 0 fully saturated rings. The lowest BCUT2D eigenvalue weighted by atomic mass is 9.58. The summed E-state index contributed by atoms with van der Waals surface area (Å²) in [7, 11) is 0. The highest BCUT2D eigenvalue weighted by Gasteiger charge is 2.40. The second-order valence-corrected chi connectivity index (χ2v) is 9.92. The van der Waals surface area contributed by atoms with Gasteiger partial charge in [-0.15, -0.1) is 6.58 Å². The van der Waals surface area contributed by atoms with Crippen molar-refractivity contribution in [2.24, 2.45) is 22.2 Å². The fourth-order valence-corrected chi connectivity index (χ4v) is 3.72. The van der Waals surface area contributed by atoms with Crippen LogP contribution >= 0.6 is 0 Å². The Hall–Kier alpha value is -0.260. The zero-order valence-corrected chi connectivity index (χ0v) is 18.1. The Bertz CT molecular complexity index is 336. The van der Waals surface area contributed by atoms with Crippen LogP contribution in [0.25, 0.3) is 0 Å². The summed E-state index contributed by atoms with van der Waals surface area (Å²) in [5.41, 5.74) is 1.28. The molecule has 0 rings (SSSR count). The quantitative estimate of drug-likeness (QED) is 0.220. The summed E-state index contributed by atoms with van der Waals surface area (Å²) >= 11 is 0. The van der Waals surface area contributed by atoms with Gasteiger partial charge < -0.3 is 6.92 Å². The van der Waals surface area contributed by atoms with Crippen LogP contribution < -0.4 is 0 Å². The highest BCUT2D eigenvalue weighted by Crippen LogP contribution is 2.51. The van der Waals surface area contributed by atoms with Crippen LogP contribution in [0.15, 0.2) is 12.7 Å². The zero-order valence-electron chi connectivity index (χ0n) is 18.1. The minimum Gasteiger partial charge on any atom is -0.343 e. The second kappa shape index (κ2) is 10.7. The Balaban J connectivity index is 4.99. The molecule has 0 heteroatoms. The molecule has 0 aromatic carbocycles. The van der Waals surface area contributed by atoms with Crippen molar-refractivity contribution in [3.63, 3.8) is 0 Å². The number of hydrogen-bond donors (Lipinski definition) is 0. The maximum absolute atomic E-state index is 4.02. The standard InChI is InChI=1S/C24H47/c1-10-13-16-22(5,6)19-20-24(9,17-14-11-2)23(7,8)18-15-21(4)12-3/h12,21H,1,3,10-11,13-20H2,2,4-9H3/q-1. The third-order valence-electron chi connectivity index (χ3n) is 6.80. The smallest absolute Gasteiger partial charge is 0.0264 e. The van der Waals surface area contributed by atoms with Crippen molar-refractivity contribution in [2.75, 3.05) is 0 Å². The monoisotopic (exact) mass is 335 g/mol. The number of hydrogen-bond acceptors (Lipinski definition) is 0. The maximum Gasteiger partial charge on any atom is -0.0264 e. The van der Waals surface area contributed by atoms with Crippen LogP contribution in [0.4, 0.5) is 0 Å². The molecule has 0 N–H and O–H groups in total. The van der Waals surface area contributed by atoms with E-state index in [0.717, 1.165) is 6.42 Å². The van der Waals surface area contributed by atoms with Gasteiger partial charge in [-0.3, -0.25) is 0 Å². The van der Waals surface area contributed by atoms with E-state index in [1.54, 1.807) is 0 Å². The summed E-state index contributed by atoms with van der Waals surface area (Å²) < 4.78 is 0. The summed E-state index contributed by atoms with van der Waals surface area (Å²) in [5.74, 6) is 0.633. The van der Waals surface area contributed by atoms with Gasteiger partial charge in [0.05, 0.1) is 0 Å². The largest absolute Gasteiger partial charge is 0.343 e. The van der Waals surface area contributed by atoms with Crippen LogP contribution in [-0.2, 0) is 0 Å². The molecule has 24 heavy (non-hydrogen) atoms. The molecule has 0 nitrogen and oxygen atoms in total. The van der Waals surface area contributed by atoms with Gasteiger partial charge in [-0.1, -0.05) is 80.2 Å². The molecule has 0 aromatic heterocycles. The van der Waals surface area contributed by atoms with Crippen molar-refractivity contribution in [3.05, 3.63) is 19.6 Å². The van der Waals surface area contributed by atoms with Crippen molar-refractivity contribution in [1.82, 2.24) is 0 Å². The van der Waals surface area contributed by atoms with Gasteiger partial charge in [-0.05, 0) is 54.3 Å². The summed E-state index contributed by atoms with van der Waals surface area (Å²) in [4.78, 5) is 0. The predicted molar refractivity (Wildman–Crippen MR) is 112 cm³/mol. The molecule has 2 unspecified atom stereocenters. The molecular formula is C24H47-. The van der Waals surface area contributed by atoms with E-state index in [2.05, 4.69) is 68.0 Å². The molecule has 0 saturated heterocycles. The minimum absolute atomic E-state index is 0.391. The summed E-state index contributed by atoms with van der Waals surface area (Å²) in [6.45, 7) is 25.1. The fourth-order valence-electron chi connectivity index (χ4n) is 3.72. The minimum atomic E-state index is 0.391. The first-order chi connectivity index (χ1) is 11.0. The molecule has 0 amide bonds. The third-order valence-corrected chi connectivity index (χ3v) is 6.80. The van der Waals surface area contributed by atoms with Crippen LogP contribution in [0.5, 0.6) is 0 Å². The van der Waals surface area contributed by atoms with E-state index in [1.807, 2.05) is 0 Å². The van der Waals surface area contributed by atoms with Crippen LogP contribution in [0, 0.1) is 29.1 Å². The van der Waals surface area contributed by atoms with Gasteiger partial charge in [0.25, 0.3) is 0 Å². The summed E-state index contributed by atoms with van der Waals surface area (Å²) in [5, 5.41) is 0. The number of unbranched alkanes of at least 4 members (excludes halogenated alkanes) is 2. The van der Waals surface area contributed by atoms with Gasteiger partial charge in [0.1, 0.15) is 0 Å². The molecule has 0 aliphatic heterocycles. The Morgan fingerprint density at radius 2 is 1.54 bits per heavy atom. The van der Waals surface area contributed by atoms with Crippen LogP contribution in [0.1, 0.15) is 113 Å². The average Bonchev–Trinajstić information content (AvgIpc) is 2.54. The van der Waals surface area contributed by atoms with Gasteiger partial charge in [0.15, 0.2) is 0 Å². The Kier molecular flexibility index (Phi) is 10.6. The Morgan fingerprint density at radius 1 is 0.917 bits per heavy atom. The van der Waals surface area contributed by atoms with Crippen molar-refractivity contribution < 1.29 is 0 Å². The van der Waals surface area contributed by atoms with Crippen molar-refractivity contribution in [1.29, 1.82) is 0 Å². The van der Waals surface area contributed by atoms with E-state index in [-0.39, 0.29) is 0 Å². The van der Waals surface area contributed by atoms with Crippen molar-refractivity contribution >= 4 is 0 Å². The fraction of sp³-hybridized carbons (Fsp3) is 0.875. The lowest BCUT2D eigenvalue weighted by Crippen LogP contribution is -2.37. The molecule has 0 radical (unpaired) electrons. The maximum atomic E-state index is 4.02. The van der Waals surface area contributed by atoms with Crippen LogP contribution in [-0.4, -0.2) is 0 Å². The number of allylic oxidation sites excluding steroid dienone is 1. The molecule has 0 spiro atoms. The molecule has 0 heterocycles. The van der Waals surface area contributed by atoms with E-state index >= 15 is 0 Å². The van der Waals surface area contributed by atoms with Crippen molar-refractivity contribution in [2.45, 2.75) is 113 Å². The molecule has 0 bridgehead atoms. The highest BCUT2D eigenvalue weighted by atomic mass is 14.5. The molecular weight excluding hydrogens is 288 g/mol. The Morgan fingerprint density at radius 3 is 2.04 bits per heavy atom. The van der Waals surface area contributed by atoms with E-state index in [9.17, 15) is 0 Å². The van der Waals surface area contributed by atoms with E-state index in [1.165, 1.54) is 57.8 Å². The average molecular weight is 336 g/mol. The van der Waals surface area contributed by atoms with Gasteiger partial charge in [0, 0.05) is 0 Å². The zero-order chi connectivity index (χ0) is 18.9. The third kappa shape index (κ3) is 8.21. The molecule has 0 aliphatic carbocycles. The lowest BCUT2D eigenvalue weighted by Gasteiger charge is -2.47. The van der Waals surface area contributed by atoms with Crippen molar-refractivity contribution in [3.8, 4) is 0 Å². The second-order valence-electron chi connectivity index (χ2n) is 9.92. The normalized spacial score (nSPS) is 16.7. The number of rotatable bonds is 14. The van der Waals surface area contributed by atoms with E-state index < -0.39 is 0 Å². The highest BCUT2D eigenvalue weighted by molar-refractivity contribution is 4.92. The predicted octanol–water partition coefficient (Wildman–Crippen LogP) is 8.62. The summed E-state index contributed by atoms with van der Waals surface area (Å²) in [6.07, 6.45) is 15.1. The lowest BCUT2D eigenvalue weighted by molar-refractivity contribution is 0.0365. The SMILES string of the molecule is C=CC(C)CCC(C)(C)C(C)(CCCC)CCC(C)(C)CCC[CH2-]. The molecule has 144 valence electrons. The van der Waals surface area contributed by atoms with Gasteiger partial charge in [-0.2, -0.15) is 6.42 Å². The van der Waals surface area contributed by atoms with Crippen LogP contribution in [0.3, 0.4) is 0 Å². The van der Waals surface area contributed by atoms with E-state index in [4.69, 9.17) is 0 Å². The molecule has 0 saturated carbocycles. The molecule has 0 aliphatic rings. The topological polar surface area (TPSA) is 0 Å². The van der Waals surface area contributed by atoms with Gasteiger partial charge in [-0.25, -0.2) is 0 Å².